The van der Waals surface area contributed by atoms with Gasteiger partial charge in [0.25, 0.3) is 0 Å². The van der Waals surface area contributed by atoms with Gasteiger partial charge in [-0.2, -0.15) is 0 Å². The van der Waals surface area contributed by atoms with Gasteiger partial charge in [0.2, 0.25) is 0 Å². The molecule has 0 amide bonds. The Balaban J connectivity index is 4.22. The van der Waals surface area contributed by atoms with Crippen molar-refractivity contribution < 1.29 is 28.6 Å². The summed E-state index contributed by atoms with van der Waals surface area (Å²) in [5.74, 6) is -0.904. The molecule has 0 aromatic rings. The van der Waals surface area contributed by atoms with Gasteiger partial charge in [-0.3, -0.25) is 14.4 Å². The Morgan fingerprint density at radius 3 is 0.924 bits per heavy atom. The Morgan fingerprint density at radius 1 is 0.318 bits per heavy atom. The Labute approximate surface area is 408 Å². The summed E-state index contributed by atoms with van der Waals surface area (Å²) in [6.07, 6.45) is 69.1. The molecule has 0 aromatic carbocycles. The average molecular weight is 921 g/mol. The molecule has 0 saturated carbocycles. The minimum absolute atomic E-state index is 0.0826. The average Bonchev–Trinajstić information content (AvgIpc) is 3.31. The lowest BCUT2D eigenvalue weighted by Crippen LogP contribution is -2.30. The van der Waals surface area contributed by atoms with Gasteiger partial charge in [-0.15, -0.1) is 0 Å². The number of unbranched alkanes of at least 4 members (excludes halogenated alkanes) is 27. The number of esters is 3. The van der Waals surface area contributed by atoms with Crippen LogP contribution in [0.2, 0.25) is 0 Å². The van der Waals surface area contributed by atoms with Gasteiger partial charge in [0.1, 0.15) is 13.2 Å². The highest BCUT2D eigenvalue weighted by Gasteiger charge is 2.19. The molecule has 0 bridgehead atoms. The molecule has 0 radical (unpaired) electrons. The molecule has 6 heteroatoms. The van der Waals surface area contributed by atoms with Crippen LogP contribution in [0.4, 0.5) is 0 Å². The number of carbonyl (C=O) groups excluding carboxylic acids is 3. The van der Waals surface area contributed by atoms with Gasteiger partial charge in [-0.05, 0) is 89.9 Å². The number of hydrogen-bond donors (Lipinski definition) is 0. The summed E-state index contributed by atoms with van der Waals surface area (Å²) in [6, 6.07) is 0. The molecule has 0 heterocycles. The molecule has 0 rings (SSSR count). The van der Waals surface area contributed by atoms with E-state index in [4.69, 9.17) is 14.2 Å². The second-order valence-electron chi connectivity index (χ2n) is 18.5. The van der Waals surface area contributed by atoms with E-state index in [1.54, 1.807) is 0 Å². The molecule has 1 unspecified atom stereocenters. The van der Waals surface area contributed by atoms with Crippen molar-refractivity contribution in [3.05, 3.63) is 72.9 Å². The van der Waals surface area contributed by atoms with E-state index in [1.165, 1.54) is 122 Å². The van der Waals surface area contributed by atoms with E-state index in [0.29, 0.717) is 19.3 Å². The van der Waals surface area contributed by atoms with Crippen LogP contribution in [0.5, 0.6) is 0 Å². The summed E-state index contributed by atoms with van der Waals surface area (Å²) < 4.78 is 16.8. The first-order chi connectivity index (χ1) is 32.5. The van der Waals surface area contributed by atoms with Crippen LogP contribution >= 0.6 is 0 Å². The minimum atomic E-state index is -0.783. The number of ether oxygens (including phenoxy) is 3. The van der Waals surface area contributed by atoms with Gasteiger partial charge in [-0.1, -0.05) is 235 Å². The molecule has 0 fully saturated rings. The quantitative estimate of drug-likeness (QED) is 0.0262. The first-order valence-corrected chi connectivity index (χ1v) is 27.9. The van der Waals surface area contributed by atoms with Gasteiger partial charge in [0.05, 0.1) is 0 Å². The van der Waals surface area contributed by atoms with Gasteiger partial charge in [-0.25, -0.2) is 0 Å². The van der Waals surface area contributed by atoms with Crippen molar-refractivity contribution in [1.82, 2.24) is 0 Å². The molecule has 0 N–H and O–H groups in total. The van der Waals surface area contributed by atoms with E-state index in [9.17, 15) is 14.4 Å². The largest absolute Gasteiger partial charge is 0.462 e. The van der Waals surface area contributed by atoms with Crippen LogP contribution in [0.25, 0.3) is 0 Å². The fraction of sp³-hybridized carbons (Fsp3) is 0.750. The van der Waals surface area contributed by atoms with Crippen LogP contribution in [0.15, 0.2) is 72.9 Å². The van der Waals surface area contributed by atoms with Crippen molar-refractivity contribution in [1.29, 1.82) is 0 Å². The second kappa shape index (κ2) is 54.5. The van der Waals surface area contributed by atoms with Crippen LogP contribution in [0, 0.1) is 0 Å². The SMILES string of the molecule is CC/C=C\C/C=C\C/C=C\CCCCCCCC(=O)OC(COC(=O)CCCCCCCCCC)COC(=O)CCCCCCCCCCCC/C=C\C/C=C\C/C=C\CCCCCCC. The van der Waals surface area contributed by atoms with Crippen molar-refractivity contribution >= 4 is 17.9 Å². The number of rotatable bonds is 50. The lowest BCUT2D eigenvalue weighted by molar-refractivity contribution is -0.167. The molecule has 0 aliphatic rings. The van der Waals surface area contributed by atoms with Crippen LogP contribution in [0.3, 0.4) is 0 Å². The molecule has 1 atom stereocenters. The molecular weight excluding hydrogens is 817 g/mol. The highest BCUT2D eigenvalue weighted by atomic mass is 16.6. The zero-order valence-corrected chi connectivity index (χ0v) is 43.4. The minimum Gasteiger partial charge on any atom is -0.462 e. The standard InChI is InChI=1S/C60H104O6/c1-4-7-10-13-16-19-21-23-25-26-27-28-29-30-31-32-33-34-36-37-39-41-44-47-50-53-59(62)65-56-57(55-64-58(61)52-49-46-43-18-15-12-9-6-3)66-60(63)54-51-48-45-42-40-38-35-24-22-20-17-14-11-8-5-2/h8,11,17,20-21,23-24,26-27,29-30,35,57H,4-7,9-10,12-16,18-19,22,25,28,31-34,36-56H2,1-3H3/b11-8-,20-17-,23-21-,27-26-,30-29-,35-24-. The fourth-order valence-corrected chi connectivity index (χ4v) is 7.76. The van der Waals surface area contributed by atoms with Crippen molar-refractivity contribution in [2.24, 2.45) is 0 Å². The van der Waals surface area contributed by atoms with Gasteiger partial charge < -0.3 is 14.2 Å². The fourth-order valence-electron chi connectivity index (χ4n) is 7.76. The topological polar surface area (TPSA) is 78.9 Å². The van der Waals surface area contributed by atoms with E-state index in [-0.39, 0.29) is 31.1 Å². The third kappa shape index (κ3) is 51.8. The zero-order valence-electron chi connectivity index (χ0n) is 43.4. The molecule has 0 aromatic heterocycles. The lowest BCUT2D eigenvalue weighted by Gasteiger charge is -2.18. The Kier molecular flexibility index (Phi) is 51.9. The normalized spacial score (nSPS) is 12.6. The Hall–Kier alpha value is -3.15. The number of allylic oxidation sites excluding steroid dienone is 12. The Morgan fingerprint density at radius 2 is 0.591 bits per heavy atom. The van der Waals surface area contributed by atoms with Crippen LogP contribution in [0.1, 0.15) is 271 Å². The summed E-state index contributed by atoms with van der Waals surface area (Å²) >= 11 is 0. The van der Waals surface area contributed by atoms with Gasteiger partial charge >= 0.3 is 17.9 Å². The van der Waals surface area contributed by atoms with E-state index in [2.05, 4.69) is 93.7 Å². The van der Waals surface area contributed by atoms with Crippen molar-refractivity contribution in [2.45, 2.75) is 277 Å². The predicted molar refractivity (Wildman–Crippen MR) is 284 cm³/mol. The van der Waals surface area contributed by atoms with E-state index in [1.807, 2.05) is 0 Å². The summed E-state index contributed by atoms with van der Waals surface area (Å²) in [6.45, 7) is 6.48. The maximum atomic E-state index is 12.8. The third-order valence-electron chi connectivity index (χ3n) is 11.9. The van der Waals surface area contributed by atoms with Crippen molar-refractivity contribution in [3.8, 4) is 0 Å². The van der Waals surface area contributed by atoms with Gasteiger partial charge in [0, 0.05) is 19.3 Å². The first kappa shape index (κ1) is 62.8. The number of carbonyl (C=O) groups is 3. The van der Waals surface area contributed by atoms with E-state index >= 15 is 0 Å². The Bertz CT molecular complexity index is 1240. The molecule has 0 aliphatic carbocycles. The number of hydrogen-bond acceptors (Lipinski definition) is 6. The second-order valence-corrected chi connectivity index (χ2v) is 18.5. The van der Waals surface area contributed by atoms with Crippen LogP contribution in [-0.2, 0) is 28.6 Å². The monoisotopic (exact) mass is 921 g/mol. The van der Waals surface area contributed by atoms with Crippen molar-refractivity contribution in [2.75, 3.05) is 13.2 Å². The van der Waals surface area contributed by atoms with Crippen LogP contribution < -0.4 is 0 Å². The molecule has 6 nitrogen and oxygen atoms in total. The van der Waals surface area contributed by atoms with Gasteiger partial charge in [0.15, 0.2) is 6.10 Å². The summed E-state index contributed by atoms with van der Waals surface area (Å²) in [5.41, 5.74) is 0. The predicted octanol–water partition coefficient (Wildman–Crippen LogP) is 18.6. The van der Waals surface area contributed by atoms with E-state index < -0.39 is 6.10 Å². The molecule has 0 aliphatic heterocycles. The maximum Gasteiger partial charge on any atom is 0.306 e. The van der Waals surface area contributed by atoms with E-state index in [0.717, 1.165) is 109 Å². The zero-order chi connectivity index (χ0) is 47.9. The molecule has 380 valence electrons. The van der Waals surface area contributed by atoms with Crippen LogP contribution in [-0.4, -0.2) is 37.2 Å². The molecule has 0 spiro atoms. The molecule has 0 saturated heterocycles. The summed E-state index contributed by atoms with van der Waals surface area (Å²) in [4.78, 5) is 37.9. The smallest absolute Gasteiger partial charge is 0.306 e. The third-order valence-corrected chi connectivity index (χ3v) is 11.9. The molecule has 66 heavy (non-hydrogen) atoms. The highest BCUT2D eigenvalue weighted by molar-refractivity contribution is 5.71. The highest BCUT2D eigenvalue weighted by Crippen LogP contribution is 2.15. The lowest BCUT2D eigenvalue weighted by atomic mass is 10.1. The summed E-state index contributed by atoms with van der Waals surface area (Å²) in [7, 11) is 0. The maximum absolute atomic E-state index is 12.8. The van der Waals surface area contributed by atoms with Crippen molar-refractivity contribution in [3.63, 3.8) is 0 Å². The molecular formula is C60H104O6. The summed E-state index contributed by atoms with van der Waals surface area (Å²) in [5, 5.41) is 0. The first-order valence-electron chi connectivity index (χ1n) is 27.9.